The summed E-state index contributed by atoms with van der Waals surface area (Å²) in [5, 5.41) is 3.75. The molecule has 3 nitrogen and oxygen atoms in total. The number of hydrogen-bond donors (Lipinski definition) is 1. The molecule has 2 fully saturated rings. The lowest BCUT2D eigenvalue weighted by atomic mass is 9.83. The number of hydrogen-bond acceptors (Lipinski definition) is 3. The Hall–Kier alpha value is -0.120. The summed E-state index contributed by atoms with van der Waals surface area (Å²) in [5.74, 6) is 0.891. The van der Waals surface area contributed by atoms with Gasteiger partial charge in [-0.2, -0.15) is 0 Å². The SMILES string of the molecule is CCNC(CN1CC(C)OC(C)C1)C1CCCCC1. The number of ether oxygens (including phenoxy) is 1. The van der Waals surface area contributed by atoms with Crippen molar-refractivity contribution in [1.29, 1.82) is 0 Å². The Labute approximate surface area is 119 Å². The molecule has 0 aromatic heterocycles. The van der Waals surface area contributed by atoms with Crippen LogP contribution in [0.4, 0.5) is 0 Å². The maximum Gasteiger partial charge on any atom is 0.0678 e. The second-order valence-corrected chi connectivity index (χ2v) is 6.54. The van der Waals surface area contributed by atoms with Gasteiger partial charge in [-0.15, -0.1) is 0 Å². The van der Waals surface area contributed by atoms with E-state index in [-0.39, 0.29) is 0 Å². The average Bonchev–Trinajstić information content (AvgIpc) is 2.38. The van der Waals surface area contributed by atoms with Gasteiger partial charge in [0.25, 0.3) is 0 Å². The minimum atomic E-state index is 0.386. The summed E-state index contributed by atoms with van der Waals surface area (Å²) >= 11 is 0. The molecule has 0 amide bonds. The molecule has 2 aliphatic rings. The Bertz CT molecular complexity index is 243. The number of likely N-dealkylation sites (N-methyl/N-ethyl adjacent to an activating group) is 1. The second kappa shape index (κ2) is 7.61. The third kappa shape index (κ3) is 4.73. The summed E-state index contributed by atoms with van der Waals surface area (Å²) in [6.07, 6.45) is 7.93. The first kappa shape index (κ1) is 15.3. The van der Waals surface area contributed by atoms with E-state index in [1.807, 2.05) is 0 Å². The van der Waals surface area contributed by atoms with Gasteiger partial charge in [-0.25, -0.2) is 0 Å². The normalized spacial score (nSPS) is 32.4. The smallest absolute Gasteiger partial charge is 0.0678 e. The van der Waals surface area contributed by atoms with Crippen LogP contribution in [0.5, 0.6) is 0 Å². The fraction of sp³-hybridized carbons (Fsp3) is 1.00. The molecule has 1 aliphatic carbocycles. The predicted octanol–water partition coefficient (Wildman–Crippen LogP) is 2.65. The molecule has 1 aliphatic heterocycles. The molecule has 3 heteroatoms. The maximum absolute atomic E-state index is 5.84. The summed E-state index contributed by atoms with van der Waals surface area (Å²) in [7, 11) is 0. The van der Waals surface area contributed by atoms with Crippen molar-refractivity contribution in [2.45, 2.75) is 71.1 Å². The van der Waals surface area contributed by atoms with E-state index in [4.69, 9.17) is 4.74 Å². The summed E-state index contributed by atoms with van der Waals surface area (Å²) in [6, 6.07) is 0.683. The molecule has 112 valence electrons. The summed E-state index contributed by atoms with van der Waals surface area (Å²) in [4.78, 5) is 2.61. The molecule has 2 rings (SSSR count). The quantitative estimate of drug-likeness (QED) is 0.829. The third-order valence-corrected chi connectivity index (χ3v) is 4.64. The van der Waals surface area contributed by atoms with Gasteiger partial charge >= 0.3 is 0 Å². The fourth-order valence-electron chi connectivity index (χ4n) is 3.89. The van der Waals surface area contributed by atoms with Crippen LogP contribution in [0.3, 0.4) is 0 Å². The highest BCUT2D eigenvalue weighted by molar-refractivity contribution is 4.84. The van der Waals surface area contributed by atoms with Gasteiger partial charge in [0.15, 0.2) is 0 Å². The van der Waals surface area contributed by atoms with Crippen LogP contribution >= 0.6 is 0 Å². The van der Waals surface area contributed by atoms with Crippen molar-refractivity contribution in [1.82, 2.24) is 10.2 Å². The monoisotopic (exact) mass is 268 g/mol. The lowest BCUT2D eigenvalue weighted by molar-refractivity contribution is -0.0715. The van der Waals surface area contributed by atoms with Gasteiger partial charge in [0.05, 0.1) is 12.2 Å². The lowest BCUT2D eigenvalue weighted by Gasteiger charge is -2.40. The lowest BCUT2D eigenvalue weighted by Crippen LogP contribution is -2.52. The van der Waals surface area contributed by atoms with Crippen LogP contribution in [0.15, 0.2) is 0 Å². The van der Waals surface area contributed by atoms with Crippen LogP contribution in [-0.2, 0) is 4.74 Å². The highest BCUT2D eigenvalue weighted by Crippen LogP contribution is 2.27. The molecule has 1 heterocycles. The molecular formula is C16H32N2O. The van der Waals surface area contributed by atoms with Gasteiger partial charge in [0.2, 0.25) is 0 Å². The third-order valence-electron chi connectivity index (χ3n) is 4.64. The Morgan fingerprint density at radius 2 is 1.74 bits per heavy atom. The van der Waals surface area contributed by atoms with Crippen molar-refractivity contribution >= 4 is 0 Å². The van der Waals surface area contributed by atoms with E-state index in [1.54, 1.807) is 0 Å². The van der Waals surface area contributed by atoms with Crippen molar-refractivity contribution in [2.24, 2.45) is 5.92 Å². The van der Waals surface area contributed by atoms with Crippen molar-refractivity contribution < 1.29 is 4.74 Å². The zero-order chi connectivity index (χ0) is 13.7. The van der Waals surface area contributed by atoms with Crippen LogP contribution in [0.2, 0.25) is 0 Å². The second-order valence-electron chi connectivity index (χ2n) is 6.54. The Balaban J connectivity index is 1.87. The first-order valence-electron chi connectivity index (χ1n) is 8.30. The Morgan fingerprint density at radius 3 is 2.32 bits per heavy atom. The van der Waals surface area contributed by atoms with Crippen molar-refractivity contribution in [2.75, 3.05) is 26.2 Å². The predicted molar refractivity (Wildman–Crippen MR) is 80.5 cm³/mol. The van der Waals surface area contributed by atoms with Gasteiger partial charge in [-0.05, 0) is 39.2 Å². The Kier molecular flexibility index (Phi) is 6.11. The van der Waals surface area contributed by atoms with Gasteiger partial charge in [-0.1, -0.05) is 26.2 Å². The molecule has 0 radical (unpaired) electrons. The van der Waals surface area contributed by atoms with Crippen LogP contribution in [-0.4, -0.2) is 49.3 Å². The van der Waals surface area contributed by atoms with Crippen molar-refractivity contribution in [3.8, 4) is 0 Å². The molecule has 19 heavy (non-hydrogen) atoms. The summed E-state index contributed by atoms with van der Waals surface area (Å²) in [5.41, 5.74) is 0. The Morgan fingerprint density at radius 1 is 1.11 bits per heavy atom. The number of morpholine rings is 1. The average molecular weight is 268 g/mol. The first-order chi connectivity index (χ1) is 9.19. The van der Waals surface area contributed by atoms with Crippen LogP contribution in [0.1, 0.15) is 52.9 Å². The number of nitrogens with one attached hydrogen (secondary N) is 1. The standard InChI is InChI=1S/C16H32N2O/c1-4-17-16(15-8-6-5-7-9-15)12-18-10-13(2)19-14(3)11-18/h13-17H,4-12H2,1-3H3. The van der Waals surface area contributed by atoms with E-state index >= 15 is 0 Å². The number of nitrogens with zero attached hydrogens (tertiary/aromatic N) is 1. The largest absolute Gasteiger partial charge is 0.373 e. The fourth-order valence-corrected chi connectivity index (χ4v) is 3.89. The van der Waals surface area contributed by atoms with Gasteiger partial charge in [0.1, 0.15) is 0 Å². The number of rotatable bonds is 5. The highest BCUT2D eigenvalue weighted by atomic mass is 16.5. The van der Waals surface area contributed by atoms with E-state index in [0.717, 1.165) is 25.6 Å². The van der Waals surface area contributed by atoms with Gasteiger partial charge in [0, 0.05) is 25.7 Å². The van der Waals surface area contributed by atoms with E-state index < -0.39 is 0 Å². The molecule has 3 unspecified atom stereocenters. The topological polar surface area (TPSA) is 24.5 Å². The van der Waals surface area contributed by atoms with Crippen LogP contribution in [0, 0.1) is 5.92 Å². The molecule has 0 spiro atoms. The summed E-state index contributed by atoms with van der Waals surface area (Å²) in [6.45, 7) is 11.1. The minimum Gasteiger partial charge on any atom is -0.373 e. The highest BCUT2D eigenvalue weighted by Gasteiger charge is 2.28. The molecule has 0 aromatic carbocycles. The van der Waals surface area contributed by atoms with E-state index in [1.165, 1.54) is 38.6 Å². The van der Waals surface area contributed by atoms with Crippen molar-refractivity contribution in [3.05, 3.63) is 0 Å². The van der Waals surface area contributed by atoms with E-state index in [9.17, 15) is 0 Å². The van der Waals surface area contributed by atoms with Crippen LogP contribution in [0.25, 0.3) is 0 Å². The molecule has 1 N–H and O–H groups in total. The first-order valence-corrected chi connectivity index (χ1v) is 8.30. The van der Waals surface area contributed by atoms with E-state index in [0.29, 0.717) is 18.2 Å². The van der Waals surface area contributed by atoms with Gasteiger partial charge in [-0.3, -0.25) is 4.90 Å². The summed E-state index contributed by atoms with van der Waals surface area (Å²) < 4.78 is 5.84. The zero-order valence-electron chi connectivity index (χ0n) is 13.0. The zero-order valence-corrected chi connectivity index (χ0v) is 13.0. The molecule has 1 saturated carbocycles. The molecule has 1 saturated heterocycles. The molecule has 0 bridgehead atoms. The van der Waals surface area contributed by atoms with Gasteiger partial charge < -0.3 is 10.1 Å². The molecular weight excluding hydrogens is 236 g/mol. The molecule has 0 aromatic rings. The maximum atomic E-state index is 5.84. The van der Waals surface area contributed by atoms with Crippen molar-refractivity contribution in [3.63, 3.8) is 0 Å². The minimum absolute atomic E-state index is 0.386. The van der Waals surface area contributed by atoms with Crippen LogP contribution < -0.4 is 5.32 Å². The van der Waals surface area contributed by atoms with E-state index in [2.05, 4.69) is 31.0 Å². The molecule has 3 atom stereocenters.